The number of imide groups is 1. The van der Waals surface area contributed by atoms with Crippen LogP contribution in [-0.2, 0) is 14.4 Å². The first-order valence-corrected chi connectivity index (χ1v) is 11.2. The third-order valence-electron chi connectivity index (χ3n) is 6.36. The van der Waals surface area contributed by atoms with Crippen LogP contribution in [0.3, 0.4) is 0 Å². The first kappa shape index (κ1) is 22.3. The molecule has 3 aromatic carbocycles. The lowest BCUT2D eigenvalue weighted by molar-refractivity contribution is -0.126. The Morgan fingerprint density at radius 2 is 1.68 bits per heavy atom. The van der Waals surface area contributed by atoms with E-state index in [1.807, 2.05) is 36.4 Å². The van der Waals surface area contributed by atoms with Crippen LogP contribution in [0.5, 0.6) is 11.5 Å². The van der Waals surface area contributed by atoms with E-state index in [1.54, 1.807) is 56.5 Å². The van der Waals surface area contributed by atoms with Crippen LogP contribution in [0.4, 0.5) is 11.4 Å². The van der Waals surface area contributed by atoms with Crippen molar-refractivity contribution in [3.8, 4) is 11.5 Å². The molecule has 0 aromatic heterocycles. The number of carbonyl (C=O) groups is 2. The Bertz CT molecular complexity index is 1270. The third kappa shape index (κ3) is 3.40. The summed E-state index contributed by atoms with van der Waals surface area (Å²) in [7, 11) is 3.14. The second-order valence-corrected chi connectivity index (χ2v) is 8.57. The van der Waals surface area contributed by atoms with Crippen molar-refractivity contribution >= 4 is 34.8 Å². The van der Waals surface area contributed by atoms with Crippen LogP contribution >= 0.6 is 11.6 Å². The summed E-state index contributed by atoms with van der Waals surface area (Å²) in [5.74, 6) is -0.411. The molecule has 174 valence electrons. The number of fused-ring (bicyclic) bond motifs is 1. The fourth-order valence-electron chi connectivity index (χ4n) is 4.68. The van der Waals surface area contributed by atoms with E-state index in [9.17, 15) is 9.59 Å². The number of para-hydroxylation sites is 1. The molecule has 7 nitrogen and oxygen atoms in total. The molecular formula is C26H23ClN2O5. The molecular weight excluding hydrogens is 456 g/mol. The number of benzene rings is 3. The van der Waals surface area contributed by atoms with Crippen LogP contribution in [0, 0.1) is 12.8 Å². The van der Waals surface area contributed by atoms with Crippen molar-refractivity contribution in [3.63, 3.8) is 0 Å². The van der Waals surface area contributed by atoms with E-state index < -0.39 is 24.0 Å². The van der Waals surface area contributed by atoms with Crippen LogP contribution in [0.25, 0.3) is 0 Å². The molecule has 0 aliphatic carbocycles. The number of ether oxygens (including phenoxy) is 2. The normalized spacial score (nSPS) is 21.7. The van der Waals surface area contributed by atoms with E-state index in [4.69, 9.17) is 25.9 Å². The summed E-state index contributed by atoms with van der Waals surface area (Å²) in [5.41, 5.74) is 2.52. The lowest BCUT2D eigenvalue weighted by Crippen LogP contribution is -2.37. The maximum absolute atomic E-state index is 13.9. The van der Waals surface area contributed by atoms with Gasteiger partial charge in [-0.25, -0.2) is 9.96 Å². The van der Waals surface area contributed by atoms with Gasteiger partial charge in [0.1, 0.15) is 23.5 Å². The molecule has 0 N–H and O–H groups in total. The Labute approximate surface area is 202 Å². The number of anilines is 2. The van der Waals surface area contributed by atoms with E-state index in [0.29, 0.717) is 33.3 Å². The van der Waals surface area contributed by atoms with Gasteiger partial charge in [0, 0.05) is 10.6 Å². The lowest BCUT2D eigenvalue weighted by Gasteiger charge is -2.30. The lowest BCUT2D eigenvalue weighted by atomic mass is 9.89. The summed E-state index contributed by atoms with van der Waals surface area (Å²) < 4.78 is 11.1. The van der Waals surface area contributed by atoms with Crippen molar-refractivity contribution in [2.24, 2.45) is 5.92 Å². The van der Waals surface area contributed by atoms with Crippen molar-refractivity contribution in [1.29, 1.82) is 0 Å². The largest absolute Gasteiger partial charge is 0.497 e. The molecule has 2 fully saturated rings. The molecule has 5 rings (SSSR count). The van der Waals surface area contributed by atoms with E-state index in [2.05, 4.69) is 0 Å². The highest BCUT2D eigenvalue weighted by Gasteiger charge is 2.61. The molecule has 3 aromatic rings. The quantitative estimate of drug-likeness (QED) is 0.494. The molecule has 0 bridgehead atoms. The van der Waals surface area contributed by atoms with Gasteiger partial charge in [0.2, 0.25) is 5.91 Å². The summed E-state index contributed by atoms with van der Waals surface area (Å²) in [6.45, 7) is 1.78. The first-order valence-electron chi connectivity index (χ1n) is 10.8. The molecule has 0 radical (unpaired) electrons. The standard InChI is InChI=1S/C26H23ClN2O5/c1-15-19(27)10-7-11-20(15)28-25(30)22-23(18-14-17(32-2)12-13-21(18)33-3)29(34-24(22)26(28)31)16-8-5-4-6-9-16/h4-14,22-24H,1-3H3/t22-,23+,24+/m0/s1. The van der Waals surface area contributed by atoms with E-state index >= 15 is 0 Å². The zero-order valence-corrected chi connectivity index (χ0v) is 19.7. The highest BCUT2D eigenvalue weighted by atomic mass is 35.5. The van der Waals surface area contributed by atoms with Crippen LogP contribution in [-0.4, -0.2) is 32.1 Å². The molecule has 2 amide bonds. The van der Waals surface area contributed by atoms with Gasteiger partial charge in [0.25, 0.3) is 5.91 Å². The van der Waals surface area contributed by atoms with E-state index in [0.717, 1.165) is 5.69 Å². The molecule has 0 spiro atoms. The van der Waals surface area contributed by atoms with Crippen molar-refractivity contribution < 1.29 is 23.9 Å². The topological polar surface area (TPSA) is 68.3 Å². The Morgan fingerprint density at radius 1 is 0.912 bits per heavy atom. The van der Waals surface area contributed by atoms with Crippen LogP contribution in [0.2, 0.25) is 5.02 Å². The molecule has 3 atom stereocenters. The van der Waals surface area contributed by atoms with Gasteiger partial charge in [-0.05, 0) is 55.0 Å². The third-order valence-corrected chi connectivity index (χ3v) is 6.77. The molecule has 0 unspecified atom stereocenters. The van der Waals surface area contributed by atoms with Crippen LogP contribution in [0.1, 0.15) is 17.2 Å². The second kappa shape index (κ2) is 8.66. The van der Waals surface area contributed by atoms with E-state index in [1.165, 1.54) is 4.90 Å². The second-order valence-electron chi connectivity index (χ2n) is 8.16. The number of methoxy groups -OCH3 is 2. The number of amides is 2. The molecule has 2 saturated heterocycles. The van der Waals surface area contributed by atoms with Gasteiger partial charge < -0.3 is 9.47 Å². The molecule has 2 heterocycles. The average Bonchev–Trinajstić information content (AvgIpc) is 3.37. The van der Waals surface area contributed by atoms with Crippen molar-refractivity contribution in [2.75, 3.05) is 24.2 Å². The molecule has 8 heteroatoms. The van der Waals surface area contributed by atoms with Crippen LogP contribution in [0.15, 0.2) is 66.7 Å². The Kier molecular flexibility index (Phi) is 5.67. The number of hydrogen-bond acceptors (Lipinski definition) is 6. The van der Waals surface area contributed by atoms with Gasteiger partial charge >= 0.3 is 0 Å². The van der Waals surface area contributed by atoms with Crippen molar-refractivity contribution in [3.05, 3.63) is 82.9 Å². The number of rotatable bonds is 5. The summed E-state index contributed by atoms with van der Waals surface area (Å²) >= 11 is 6.29. The number of hydroxylamine groups is 1. The smallest absolute Gasteiger partial charge is 0.266 e. The number of nitrogens with zero attached hydrogens (tertiary/aromatic N) is 2. The summed E-state index contributed by atoms with van der Waals surface area (Å²) in [6, 6.07) is 19.3. The Morgan fingerprint density at radius 3 is 2.38 bits per heavy atom. The van der Waals surface area contributed by atoms with Gasteiger partial charge in [-0.3, -0.25) is 14.4 Å². The zero-order chi connectivity index (χ0) is 24.0. The van der Waals surface area contributed by atoms with Gasteiger partial charge in [-0.1, -0.05) is 35.9 Å². The van der Waals surface area contributed by atoms with E-state index in [-0.39, 0.29) is 5.91 Å². The predicted octanol–water partition coefficient (Wildman–Crippen LogP) is 4.72. The number of hydrogen-bond donors (Lipinski definition) is 0. The molecule has 2 aliphatic heterocycles. The maximum Gasteiger partial charge on any atom is 0.266 e. The van der Waals surface area contributed by atoms with Crippen molar-refractivity contribution in [2.45, 2.75) is 19.1 Å². The minimum Gasteiger partial charge on any atom is -0.497 e. The minimum atomic E-state index is -0.994. The summed E-state index contributed by atoms with van der Waals surface area (Å²) in [5, 5.41) is 2.11. The predicted molar refractivity (Wildman–Crippen MR) is 128 cm³/mol. The number of carbonyl (C=O) groups excluding carboxylic acids is 2. The van der Waals surface area contributed by atoms with Gasteiger partial charge in [-0.15, -0.1) is 0 Å². The highest BCUT2D eigenvalue weighted by molar-refractivity contribution is 6.32. The molecule has 34 heavy (non-hydrogen) atoms. The van der Waals surface area contributed by atoms with Gasteiger partial charge in [-0.2, -0.15) is 0 Å². The first-order chi connectivity index (χ1) is 16.5. The fraction of sp³-hybridized carbons (Fsp3) is 0.231. The molecule has 0 saturated carbocycles. The zero-order valence-electron chi connectivity index (χ0n) is 18.9. The van der Waals surface area contributed by atoms with Gasteiger partial charge in [0.15, 0.2) is 6.10 Å². The Balaban J connectivity index is 1.65. The Hall–Kier alpha value is -3.55. The summed E-state index contributed by atoms with van der Waals surface area (Å²) in [6.07, 6.45) is -0.994. The fourth-order valence-corrected chi connectivity index (χ4v) is 4.85. The van der Waals surface area contributed by atoms with Crippen molar-refractivity contribution in [1.82, 2.24) is 0 Å². The highest BCUT2D eigenvalue weighted by Crippen LogP contribution is 2.50. The number of halogens is 1. The average molecular weight is 479 g/mol. The molecule has 2 aliphatic rings. The van der Waals surface area contributed by atoms with Crippen LogP contribution < -0.4 is 19.4 Å². The van der Waals surface area contributed by atoms with Gasteiger partial charge in [0.05, 0.1) is 25.6 Å². The SMILES string of the molecule is COc1ccc(OC)c([C@@H]2[C@@H]3C(=O)N(c4cccc(Cl)c4C)C(=O)[C@@H]3ON2c2ccccc2)c1. The maximum atomic E-state index is 13.9. The summed E-state index contributed by atoms with van der Waals surface area (Å²) in [4.78, 5) is 34.8. The monoisotopic (exact) mass is 478 g/mol. The minimum absolute atomic E-state index is 0.353.